The van der Waals surface area contributed by atoms with Gasteiger partial charge in [-0.2, -0.15) is 0 Å². The van der Waals surface area contributed by atoms with Gasteiger partial charge in [-0.1, -0.05) is 6.92 Å². The van der Waals surface area contributed by atoms with E-state index in [1.807, 2.05) is 24.3 Å². The van der Waals surface area contributed by atoms with Crippen molar-refractivity contribution in [3.05, 3.63) is 24.3 Å². The quantitative estimate of drug-likeness (QED) is 0.833. The summed E-state index contributed by atoms with van der Waals surface area (Å²) in [6.45, 7) is 4.05. The van der Waals surface area contributed by atoms with E-state index in [4.69, 9.17) is 10.5 Å². The number of nitrogens with two attached hydrogens (primary N) is 1. The minimum absolute atomic E-state index is 0.0108. The van der Waals surface area contributed by atoms with Gasteiger partial charge in [0, 0.05) is 24.3 Å². The molecule has 1 amide bonds. The van der Waals surface area contributed by atoms with Crippen LogP contribution in [0.1, 0.15) is 13.3 Å². The van der Waals surface area contributed by atoms with Crippen LogP contribution in [-0.2, 0) is 4.79 Å². The van der Waals surface area contributed by atoms with Crippen LogP contribution in [-0.4, -0.2) is 43.1 Å². The number of hydrogen-bond donors (Lipinski definition) is 2. The Kier molecular flexibility index (Phi) is 4.07. The number of methoxy groups -OCH3 is 1. The summed E-state index contributed by atoms with van der Waals surface area (Å²) in [5.41, 5.74) is 6.75. The van der Waals surface area contributed by atoms with Crippen LogP contribution >= 0.6 is 0 Å². The first-order chi connectivity index (χ1) is 9.04. The Hall–Kier alpha value is -1.59. The first-order valence-electron chi connectivity index (χ1n) is 6.50. The normalized spacial score (nSPS) is 17.6. The molecule has 0 unspecified atom stereocenters. The summed E-state index contributed by atoms with van der Waals surface area (Å²) in [4.78, 5) is 13.9. The summed E-state index contributed by atoms with van der Waals surface area (Å²) in [6, 6.07) is 7.29. The lowest BCUT2D eigenvalue weighted by Gasteiger charge is -2.47. The Balaban J connectivity index is 1.78. The Bertz CT molecular complexity index is 439. The Labute approximate surface area is 113 Å². The van der Waals surface area contributed by atoms with Gasteiger partial charge in [-0.25, -0.2) is 0 Å². The number of amides is 1. The van der Waals surface area contributed by atoms with Crippen LogP contribution in [0.3, 0.4) is 0 Å². The molecule has 0 saturated carbocycles. The molecule has 0 aliphatic carbocycles. The SMILES string of the molecule is CCC1(N)CN(CC(=O)Nc2ccc(OC)cc2)C1. The van der Waals surface area contributed by atoms with E-state index in [-0.39, 0.29) is 11.4 Å². The zero-order chi connectivity index (χ0) is 13.9. The molecule has 1 aliphatic rings. The van der Waals surface area contributed by atoms with E-state index in [0.717, 1.165) is 30.9 Å². The second kappa shape index (κ2) is 5.59. The van der Waals surface area contributed by atoms with Gasteiger partial charge in [0.1, 0.15) is 5.75 Å². The Morgan fingerprint density at radius 3 is 2.58 bits per heavy atom. The van der Waals surface area contributed by atoms with Crippen molar-refractivity contribution in [2.75, 3.05) is 32.1 Å². The largest absolute Gasteiger partial charge is 0.497 e. The number of anilines is 1. The van der Waals surface area contributed by atoms with E-state index < -0.39 is 0 Å². The average molecular weight is 263 g/mol. The zero-order valence-electron chi connectivity index (χ0n) is 11.5. The minimum atomic E-state index is -0.0968. The molecule has 5 nitrogen and oxygen atoms in total. The molecular formula is C14H21N3O2. The molecule has 1 heterocycles. The van der Waals surface area contributed by atoms with Gasteiger partial charge < -0.3 is 15.8 Å². The first-order valence-corrected chi connectivity index (χ1v) is 6.50. The van der Waals surface area contributed by atoms with E-state index in [9.17, 15) is 4.79 Å². The number of likely N-dealkylation sites (tertiary alicyclic amines) is 1. The number of ether oxygens (including phenoxy) is 1. The van der Waals surface area contributed by atoms with Gasteiger partial charge in [-0.05, 0) is 30.7 Å². The van der Waals surface area contributed by atoms with Crippen molar-refractivity contribution in [1.82, 2.24) is 4.90 Å². The van der Waals surface area contributed by atoms with Gasteiger partial charge in [0.25, 0.3) is 0 Å². The van der Waals surface area contributed by atoms with Crippen molar-refractivity contribution in [1.29, 1.82) is 0 Å². The predicted octanol–water partition coefficient (Wildman–Crippen LogP) is 1.06. The lowest BCUT2D eigenvalue weighted by Crippen LogP contribution is -2.67. The second-order valence-corrected chi connectivity index (χ2v) is 5.14. The summed E-state index contributed by atoms with van der Waals surface area (Å²) < 4.78 is 5.07. The smallest absolute Gasteiger partial charge is 0.238 e. The standard InChI is InChI=1S/C14H21N3O2/c1-3-14(15)9-17(10-14)8-13(18)16-11-4-6-12(19-2)7-5-11/h4-7H,3,8-10,15H2,1-2H3,(H,16,18). The molecule has 0 radical (unpaired) electrons. The second-order valence-electron chi connectivity index (χ2n) is 5.14. The van der Waals surface area contributed by atoms with Crippen LogP contribution in [0.4, 0.5) is 5.69 Å². The molecule has 104 valence electrons. The number of hydrogen-bond acceptors (Lipinski definition) is 4. The highest BCUT2D eigenvalue weighted by molar-refractivity contribution is 5.92. The predicted molar refractivity (Wildman–Crippen MR) is 75.3 cm³/mol. The fourth-order valence-corrected chi connectivity index (χ4v) is 2.26. The van der Waals surface area contributed by atoms with Crippen LogP contribution < -0.4 is 15.8 Å². The van der Waals surface area contributed by atoms with Gasteiger partial charge in [0.15, 0.2) is 0 Å². The molecule has 3 N–H and O–H groups in total. The van der Waals surface area contributed by atoms with Crippen LogP contribution in [0.15, 0.2) is 24.3 Å². The van der Waals surface area contributed by atoms with Crippen molar-refractivity contribution in [3.8, 4) is 5.75 Å². The molecule has 19 heavy (non-hydrogen) atoms. The monoisotopic (exact) mass is 263 g/mol. The first kappa shape index (κ1) is 13.8. The summed E-state index contributed by atoms with van der Waals surface area (Å²) >= 11 is 0. The van der Waals surface area contributed by atoms with E-state index in [1.165, 1.54) is 0 Å². The van der Waals surface area contributed by atoms with Gasteiger partial charge >= 0.3 is 0 Å². The topological polar surface area (TPSA) is 67.6 Å². The highest BCUT2D eigenvalue weighted by atomic mass is 16.5. The third kappa shape index (κ3) is 3.45. The number of rotatable bonds is 5. The van der Waals surface area contributed by atoms with Gasteiger partial charge in [0.2, 0.25) is 5.91 Å². The lowest BCUT2D eigenvalue weighted by molar-refractivity contribution is -0.119. The molecular weight excluding hydrogens is 242 g/mol. The van der Waals surface area contributed by atoms with Crippen molar-refractivity contribution >= 4 is 11.6 Å². The highest BCUT2D eigenvalue weighted by Gasteiger charge is 2.38. The van der Waals surface area contributed by atoms with Crippen LogP contribution in [0.5, 0.6) is 5.75 Å². The molecule has 5 heteroatoms. The third-order valence-corrected chi connectivity index (χ3v) is 3.52. The van der Waals surface area contributed by atoms with Crippen LogP contribution in [0.25, 0.3) is 0 Å². The van der Waals surface area contributed by atoms with Crippen molar-refractivity contribution < 1.29 is 9.53 Å². The summed E-state index contributed by atoms with van der Waals surface area (Å²) in [5, 5.41) is 2.86. The van der Waals surface area contributed by atoms with Crippen molar-refractivity contribution in [2.24, 2.45) is 5.73 Å². The van der Waals surface area contributed by atoms with Crippen molar-refractivity contribution in [2.45, 2.75) is 18.9 Å². The lowest BCUT2D eigenvalue weighted by atomic mass is 9.88. The summed E-state index contributed by atoms with van der Waals surface area (Å²) in [5.74, 6) is 0.764. The fourth-order valence-electron chi connectivity index (χ4n) is 2.26. The summed E-state index contributed by atoms with van der Waals surface area (Å²) in [7, 11) is 1.62. The number of nitrogens with zero attached hydrogens (tertiary/aromatic N) is 1. The molecule has 0 atom stereocenters. The number of carbonyl (C=O) groups excluding carboxylic acids is 1. The molecule has 1 saturated heterocycles. The molecule has 0 bridgehead atoms. The minimum Gasteiger partial charge on any atom is -0.497 e. The molecule has 1 aromatic carbocycles. The molecule has 1 aliphatic heterocycles. The molecule has 0 aromatic heterocycles. The van der Waals surface area contributed by atoms with Gasteiger partial charge in [-0.3, -0.25) is 9.69 Å². The van der Waals surface area contributed by atoms with E-state index >= 15 is 0 Å². The maximum Gasteiger partial charge on any atom is 0.238 e. The Morgan fingerprint density at radius 1 is 1.42 bits per heavy atom. The fraction of sp³-hybridized carbons (Fsp3) is 0.500. The molecule has 0 spiro atoms. The number of nitrogens with one attached hydrogen (secondary N) is 1. The van der Waals surface area contributed by atoms with E-state index in [2.05, 4.69) is 17.1 Å². The summed E-state index contributed by atoms with van der Waals surface area (Å²) in [6.07, 6.45) is 0.948. The number of benzene rings is 1. The molecule has 1 fully saturated rings. The Morgan fingerprint density at radius 2 is 2.05 bits per heavy atom. The van der Waals surface area contributed by atoms with E-state index in [0.29, 0.717) is 6.54 Å². The highest BCUT2D eigenvalue weighted by Crippen LogP contribution is 2.21. The number of carbonyl (C=O) groups is 1. The average Bonchev–Trinajstić information content (AvgIpc) is 2.37. The van der Waals surface area contributed by atoms with E-state index in [1.54, 1.807) is 7.11 Å². The van der Waals surface area contributed by atoms with Crippen LogP contribution in [0.2, 0.25) is 0 Å². The van der Waals surface area contributed by atoms with Gasteiger partial charge in [-0.15, -0.1) is 0 Å². The zero-order valence-corrected chi connectivity index (χ0v) is 11.5. The maximum absolute atomic E-state index is 11.8. The molecule has 2 rings (SSSR count). The van der Waals surface area contributed by atoms with Crippen LogP contribution in [0, 0.1) is 0 Å². The third-order valence-electron chi connectivity index (χ3n) is 3.52. The van der Waals surface area contributed by atoms with Gasteiger partial charge in [0.05, 0.1) is 13.7 Å². The maximum atomic E-state index is 11.8. The van der Waals surface area contributed by atoms with Crippen molar-refractivity contribution in [3.63, 3.8) is 0 Å². The molecule has 1 aromatic rings.